The molecule has 0 saturated carbocycles. The predicted octanol–water partition coefficient (Wildman–Crippen LogP) is 2.28. The third-order valence-electron chi connectivity index (χ3n) is 1.25. The van der Waals surface area contributed by atoms with E-state index in [9.17, 15) is 0 Å². The number of aliphatic imine (C=N–C) groups is 1. The Balaban J connectivity index is 3.03. The van der Waals surface area contributed by atoms with Crippen LogP contribution in [0.1, 0.15) is 12.5 Å². The molecule has 0 atom stereocenters. The Labute approximate surface area is 65.8 Å². The van der Waals surface area contributed by atoms with Crippen LogP contribution in [-0.2, 0) is 0 Å². The van der Waals surface area contributed by atoms with E-state index in [1.165, 1.54) is 0 Å². The van der Waals surface area contributed by atoms with Crippen molar-refractivity contribution < 1.29 is 0 Å². The van der Waals surface area contributed by atoms with Crippen molar-refractivity contribution in [1.82, 2.24) is 0 Å². The number of benzene rings is 1. The average Bonchev–Trinajstić information content (AvgIpc) is 2.06. The van der Waals surface area contributed by atoms with Gasteiger partial charge in [-0.15, -0.1) is 0 Å². The molecule has 0 aliphatic carbocycles. The Bertz CT molecular complexity index is 308. The molecule has 0 aliphatic heterocycles. The highest BCUT2D eigenvalue weighted by Crippen LogP contribution is 2.12. The predicted molar refractivity (Wildman–Crippen MR) is 45.0 cm³/mol. The molecule has 0 spiro atoms. The van der Waals surface area contributed by atoms with Crippen molar-refractivity contribution >= 4 is 11.9 Å². The zero-order valence-corrected chi connectivity index (χ0v) is 6.28. The fourth-order valence-corrected chi connectivity index (χ4v) is 0.805. The van der Waals surface area contributed by atoms with E-state index in [1.54, 1.807) is 18.3 Å². The molecule has 54 valence electrons. The van der Waals surface area contributed by atoms with Gasteiger partial charge in [-0.05, 0) is 25.1 Å². The number of hydrogen-bond donors (Lipinski definition) is 0. The van der Waals surface area contributed by atoms with Gasteiger partial charge in [0.05, 0.1) is 17.3 Å². The van der Waals surface area contributed by atoms with Gasteiger partial charge < -0.3 is 0 Å². The fraction of sp³-hybridized carbons (Fsp3) is 0.111. The number of nitriles is 1. The van der Waals surface area contributed by atoms with Gasteiger partial charge in [-0.1, -0.05) is 6.07 Å². The summed E-state index contributed by atoms with van der Waals surface area (Å²) in [6.45, 7) is 1.85. The smallest absolute Gasteiger partial charge is 0.0992 e. The molecule has 0 N–H and O–H groups in total. The van der Waals surface area contributed by atoms with Crippen LogP contribution in [0.2, 0.25) is 0 Å². The van der Waals surface area contributed by atoms with Gasteiger partial charge in [-0.25, -0.2) is 0 Å². The minimum Gasteiger partial charge on any atom is -0.262 e. The fourth-order valence-electron chi connectivity index (χ4n) is 0.805. The molecule has 2 heteroatoms. The molecule has 0 saturated heterocycles. The average molecular weight is 144 g/mol. The second-order valence-corrected chi connectivity index (χ2v) is 2.05. The second-order valence-electron chi connectivity index (χ2n) is 2.05. The molecule has 0 bridgehead atoms. The summed E-state index contributed by atoms with van der Waals surface area (Å²) in [6.07, 6.45) is 1.70. The first-order chi connectivity index (χ1) is 5.36. The SMILES string of the molecule is C/C=N/c1cccc(C#N)c1. The summed E-state index contributed by atoms with van der Waals surface area (Å²) in [6, 6.07) is 9.24. The second kappa shape index (κ2) is 3.52. The maximum absolute atomic E-state index is 8.53. The van der Waals surface area contributed by atoms with Crippen LogP contribution >= 0.6 is 0 Å². The molecule has 1 aromatic carbocycles. The van der Waals surface area contributed by atoms with E-state index < -0.39 is 0 Å². The number of rotatable bonds is 1. The lowest BCUT2D eigenvalue weighted by Gasteiger charge is -1.91. The molecule has 1 rings (SSSR count). The molecule has 0 fully saturated rings. The molecule has 0 radical (unpaired) electrons. The van der Waals surface area contributed by atoms with E-state index in [-0.39, 0.29) is 0 Å². The highest BCUT2D eigenvalue weighted by atomic mass is 14.7. The van der Waals surface area contributed by atoms with E-state index in [4.69, 9.17) is 5.26 Å². The third kappa shape index (κ3) is 1.91. The molecule has 0 aromatic heterocycles. The minimum atomic E-state index is 0.646. The summed E-state index contributed by atoms with van der Waals surface area (Å²) < 4.78 is 0. The summed E-state index contributed by atoms with van der Waals surface area (Å²) in [7, 11) is 0. The van der Waals surface area contributed by atoms with Crippen LogP contribution in [0.3, 0.4) is 0 Å². The zero-order chi connectivity index (χ0) is 8.10. The first-order valence-electron chi connectivity index (χ1n) is 3.35. The molecule has 11 heavy (non-hydrogen) atoms. The van der Waals surface area contributed by atoms with E-state index in [1.807, 2.05) is 19.1 Å². The molecule has 0 amide bonds. The Morgan fingerprint density at radius 3 is 3.00 bits per heavy atom. The highest BCUT2D eigenvalue weighted by Gasteiger charge is 1.89. The first-order valence-corrected chi connectivity index (χ1v) is 3.35. The Hall–Kier alpha value is -1.62. The van der Waals surface area contributed by atoms with Crippen molar-refractivity contribution in [2.45, 2.75) is 6.92 Å². The standard InChI is InChI=1S/C9H8N2/c1-2-11-9-5-3-4-8(6-9)7-10/h2-6H,1H3/b11-2+. The van der Waals surface area contributed by atoms with Crippen LogP contribution in [0.15, 0.2) is 29.3 Å². The lowest BCUT2D eigenvalue weighted by atomic mass is 10.2. The normalized spacial score (nSPS) is 9.82. The molecular formula is C9H8N2. The van der Waals surface area contributed by atoms with Gasteiger partial charge in [0.2, 0.25) is 0 Å². The van der Waals surface area contributed by atoms with Crippen LogP contribution in [0.5, 0.6) is 0 Å². The molecule has 0 aliphatic rings. The minimum absolute atomic E-state index is 0.646. The van der Waals surface area contributed by atoms with Crippen LogP contribution in [0.25, 0.3) is 0 Å². The molecule has 0 heterocycles. The quantitative estimate of drug-likeness (QED) is 0.557. The molecule has 1 aromatic rings. The maximum Gasteiger partial charge on any atom is 0.0992 e. The van der Waals surface area contributed by atoms with Crippen LogP contribution in [-0.4, -0.2) is 6.21 Å². The maximum atomic E-state index is 8.53. The molecule has 0 unspecified atom stereocenters. The van der Waals surface area contributed by atoms with Crippen molar-refractivity contribution in [1.29, 1.82) is 5.26 Å². The van der Waals surface area contributed by atoms with Gasteiger partial charge in [0, 0.05) is 6.21 Å². The van der Waals surface area contributed by atoms with Crippen molar-refractivity contribution in [2.75, 3.05) is 0 Å². The van der Waals surface area contributed by atoms with Crippen molar-refractivity contribution in [3.63, 3.8) is 0 Å². The van der Waals surface area contributed by atoms with Crippen molar-refractivity contribution in [2.24, 2.45) is 4.99 Å². The molecular weight excluding hydrogens is 136 g/mol. The lowest BCUT2D eigenvalue weighted by molar-refractivity contribution is 1.46. The Morgan fingerprint density at radius 2 is 2.36 bits per heavy atom. The number of hydrogen-bond acceptors (Lipinski definition) is 2. The van der Waals surface area contributed by atoms with Crippen LogP contribution < -0.4 is 0 Å². The van der Waals surface area contributed by atoms with Gasteiger partial charge in [0.15, 0.2) is 0 Å². The lowest BCUT2D eigenvalue weighted by Crippen LogP contribution is -1.71. The van der Waals surface area contributed by atoms with Crippen molar-refractivity contribution in [3.8, 4) is 6.07 Å². The largest absolute Gasteiger partial charge is 0.262 e. The summed E-state index contributed by atoms with van der Waals surface area (Å²) in [5, 5.41) is 8.53. The van der Waals surface area contributed by atoms with Crippen LogP contribution in [0.4, 0.5) is 5.69 Å². The summed E-state index contributed by atoms with van der Waals surface area (Å²) in [5.74, 6) is 0. The monoisotopic (exact) mass is 144 g/mol. The Kier molecular flexibility index (Phi) is 2.40. The molecule has 2 nitrogen and oxygen atoms in total. The van der Waals surface area contributed by atoms with Gasteiger partial charge in [-0.3, -0.25) is 4.99 Å². The van der Waals surface area contributed by atoms with Crippen molar-refractivity contribution in [3.05, 3.63) is 29.8 Å². The van der Waals surface area contributed by atoms with Gasteiger partial charge in [-0.2, -0.15) is 5.26 Å². The van der Waals surface area contributed by atoms with E-state index in [0.717, 1.165) is 5.69 Å². The van der Waals surface area contributed by atoms with Gasteiger partial charge >= 0.3 is 0 Å². The van der Waals surface area contributed by atoms with Gasteiger partial charge in [0.1, 0.15) is 0 Å². The summed E-state index contributed by atoms with van der Waals surface area (Å²) >= 11 is 0. The topological polar surface area (TPSA) is 36.1 Å². The van der Waals surface area contributed by atoms with Gasteiger partial charge in [0.25, 0.3) is 0 Å². The summed E-state index contributed by atoms with van der Waals surface area (Å²) in [5.41, 5.74) is 1.47. The summed E-state index contributed by atoms with van der Waals surface area (Å²) in [4.78, 5) is 4.04. The Morgan fingerprint density at radius 1 is 1.55 bits per heavy atom. The first kappa shape index (κ1) is 7.49. The van der Waals surface area contributed by atoms with Crippen LogP contribution in [0, 0.1) is 11.3 Å². The van der Waals surface area contributed by atoms with E-state index >= 15 is 0 Å². The highest BCUT2D eigenvalue weighted by molar-refractivity contribution is 5.61. The van der Waals surface area contributed by atoms with E-state index in [0.29, 0.717) is 5.56 Å². The van der Waals surface area contributed by atoms with E-state index in [2.05, 4.69) is 11.1 Å². The third-order valence-corrected chi connectivity index (χ3v) is 1.25. The number of nitrogens with zero attached hydrogens (tertiary/aromatic N) is 2. The zero-order valence-electron chi connectivity index (χ0n) is 6.28.